The van der Waals surface area contributed by atoms with Crippen LogP contribution >= 0.6 is 0 Å². The van der Waals surface area contributed by atoms with Crippen molar-refractivity contribution >= 4 is 29.0 Å². The Morgan fingerprint density at radius 2 is 1.97 bits per heavy atom. The van der Waals surface area contributed by atoms with E-state index in [2.05, 4.69) is 37.5 Å². The molecular weight excluding hydrogens is 482 g/mol. The van der Waals surface area contributed by atoms with Crippen LogP contribution in [-0.4, -0.2) is 75.2 Å². The van der Waals surface area contributed by atoms with E-state index in [0.29, 0.717) is 31.1 Å². The highest BCUT2D eigenvalue weighted by Gasteiger charge is 2.20. The van der Waals surface area contributed by atoms with Gasteiger partial charge in [-0.25, -0.2) is 0 Å². The molecule has 4 aromatic rings. The number of fused-ring (bicyclic) bond motifs is 4. The summed E-state index contributed by atoms with van der Waals surface area (Å²) in [5.41, 5.74) is 5.73. The molecule has 0 saturated carbocycles. The molecule has 1 fully saturated rings. The van der Waals surface area contributed by atoms with Crippen LogP contribution in [0.2, 0.25) is 0 Å². The number of aryl methyl sites for hydroxylation is 1. The van der Waals surface area contributed by atoms with Crippen molar-refractivity contribution < 1.29 is 14.3 Å². The molecule has 0 spiro atoms. The van der Waals surface area contributed by atoms with Crippen LogP contribution in [0.1, 0.15) is 40.2 Å². The molecule has 0 radical (unpaired) electrons. The van der Waals surface area contributed by atoms with Gasteiger partial charge in [0, 0.05) is 35.2 Å². The number of aromatic nitrogens is 5. The zero-order chi connectivity index (χ0) is 26.1. The summed E-state index contributed by atoms with van der Waals surface area (Å²) in [4.78, 5) is 20.0. The molecule has 196 valence electrons. The molecular formula is C28H31N7O3. The van der Waals surface area contributed by atoms with Gasteiger partial charge < -0.3 is 19.7 Å². The third-order valence-corrected chi connectivity index (χ3v) is 7.29. The van der Waals surface area contributed by atoms with Crippen LogP contribution < -0.4 is 10.1 Å². The number of benzene rings is 1. The van der Waals surface area contributed by atoms with E-state index in [1.165, 1.54) is 0 Å². The van der Waals surface area contributed by atoms with Gasteiger partial charge in [0.05, 0.1) is 48.2 Å². The largest absolute Gasteiger partial charge is 0.491 e. The third-order valence-electron chi connectivity index (χ3n) is 7.29. The topological polar surface area (TPSA) is 110 Å². The summed E-state index contributed by atoms with van der Waals surface area (Å²) in [5, 5.41) is 16.1. The van der Waals surface area contributed by atoms with E-state index >= 15 is 0 Å². The predicted octanol–water partition coefficient (Wildman–Crippen LogP) is 3.26. The molecule has 1 amide bonds. The van der Waals surface area contributed by atoms with Crippen molar-refractivity contribution in [3.63, 3.8) is 0 Å². The van der Waals surface area contributed by atoms with Crippen LogP contribution in [0.4, 0.5) is 0 Å². The van der Waals surface area contributed by atoms with Crippen LogP contribution in [0.15, 0.2) is 36.7 Å². The minimum absolute atomic E-state index is 0.0795. The summed E-state index contributed by atoms with van der Waals surface area (Å²) in [6.07, 6.45) is 9.42. The van der Waals surface area contributed by atoms with E-state index in [1.807, 2.05) is 49.7 Å². The van der Waals surface area contributed by atoms with Gasteiger partial charge in [0.2, 0.25) is 0 Å². The Kier molecular flexibility index (Phi) is 6.65. The Morgan fingerprint density at radius 3 is 2.84 bits per heavy atom. The average molecular weight is 514 g/mol. The van der Waals surface area contributed by atoms with E-state index in [0.717, 1.165) is 65.0 Å². The van der Waals surface area contributed by atoms with Gasteiger partial charge in [0.15, 0.2) is 0 Å². The maximum absolute atomic E-state index is 13.0. The molecule has 2 aliphatic rings. The van der Waals surface area contributed by atoms with Gasteiger partial charge in [-0.05, 0) is 63.3 Å². The Hall–Kier alpha value is -4.02. The number of aromatic amines is 1. The fraction of sp³-hybridized carbons (Fsp3) is 0.357. The number of hydrogen-bond acceptors (Lipinski definition) is 7. The van der Waals surface area contributed by atoms with Gasteiger partial charge in [-0.15, -0.1) is 0 Å². The fourth-order valence-electron chi connectivity index (χ4n) is 4.97. The minimum Gasteiger partial charge on any atom is -0.491 e. The summed E-state index contributed by atoms with van der Waals surface area (Å²) in [7, 11) is 4.01. The Labute approximate surface area is 220 Å². The molecule has 5 heterocycles. The lowest BCUT2D eigenvalue weighted by Gasteiger charge is -2.29. The second-order valence-corrected chi connectivity index (χ2v) is 9.89. The van der Waals surface area contributed by atoms with Crippen molar-refractivity contribution in [2.24, 2.45) is 7.05 Å². The number of ether oxygens (including phenoxy) is 2. The van der Waals surface area contributed by atoms with Crippen LogP contribution in [0.25, 0.3) is 34.3 Å². The summed E-state index contributed by atoms with van der Waals surface area (Å²) >= 11 is 0. The van der Waals surface area contributed by atoms with Crippen LogP contribution in [0.3, 0.4) is 0 Å². The molecule has 2 aliphatic heterocycles. The van der Waals surface area contributed by atoms with Gasteiger partial charge in [-0.2, -0.15) is 10.2 Å². The Morgan fingerprint density at radius 1 is 1.11 bits per heavy atom. The zero-order valence-electron chi connectivity index (χ0n) is 21.6. The summed E-state index contributed by atoms with van der Waals surface area (Å²) < 4.78 is 13.9. The number of pyridine rings is 1. The molecule has 38 heavy (non-hydrogen) atoms. The summed E-state index contributed by atoms with van der Waals surface area (Å²) in [6, 6.07) is 7.78. The molecule has 1 aromatic carbocycles. The lowest BCUT2D eigenvalue weighted by Crippen LogP contribution is -2.43. The number of nitrogens with one attached hydrogen (secondary N) is 2. The minimum atomic E-state index is -0.0795. The summed E-state index contributed by atoms with van der Waals surface area (Å²) in [6.45, 7) is 3.07. The van der Waals surface area contributed by atoms with Gasteiger partial charge in [0.1, 0.15) is 12.4 Å². The molecule has 0 aliphatic carbocycles. The van der Waals surface area contributed by atoms with Gasteiger partial charge in [-0.1, -0.05) is 6.07 Å². The molecule has 2 bridgehead atoms. The Balaban J connectivity index is 1.31. The van der Waals surface area contributed by atoms with Crippen molar-refractivity contribution in [3.05, 3.63) is 59.2 Å². The van der Waals surface area contributed by atoms with E-state index in [4.69, 9.17) is 9.47 Å². The number of nitrogens with zero attached hydrogens (tertiary/aromatic N) is 5. The average Bonchev–Trinajstić information content (AvgIpc) is 3.50. The van der Waals surface area contributed by atoms with Crippen LogP contribution in [-0.2, 0) is 18.4 Å². The lowest BCUT2D eigenvalue weighted by molar-refractivity contribution is 0.0850. The first kappa shape index (κ1) is 24.3. The van der Waals surface area contributed by atoms with Gasteiger partial charge in [-0.3, -0.25) is 19.6 Å². The molecule has 10 nitrogen and oxygen atoms in total. The first-order valence-corrected chi connectivity index (χ1v) is 12.9. The molecule has 10 heteroatoms. The van der Waals surface area contributed by atoms with Gasteiger partial charge >= 0.3 is 0 Å². The number of hydrogen-bond donors (Lipinski definition) is 2. The number of piperidine rings is 1. The smallest absolute Gasteiger partial charge is 0.251 e. The SMILES string of the molecule is CN1CCC(NC(=O)c2ccc3c(c2)OCCOCc2c(cnn2C)-c2cc4c(n[nH]c4cn2)C=C3)CC1. The van der Waals surface area contributed by atoms with Crippen molar-refractivity contribution in [2.45, 2.75) is 25.5 Å². The highest BCUT2D eigenvalue weighted by molar-refractivity contribution is 5.96. The molecule has 1 saturated heterocycles. The number of H-pyrrole nitrogens is 1. The van der Waals surface area contributed by atoms with Crippen molar-refractivity contribution in [2.75, 3.05) is 33.4 Å². The standard InChI is InChI=1S/C28H31N7O3/c1-34-9-7-20(8-10-34)31-28(36)19-4-3-18-5-6-23-21-14-24(29-16-25(21)33-32-23)22-15-30-35(2)26(22)17-37-11-12-38-27(18)13-19/h3-6,13-16,20H,7-12,17H2,1-2H3,(H,31,36)(H,32,33). The number of carbonyl (C=O) groups is 1. The van der Waals surface area contributed by atoms with E-state index in [9.17, 15) is 4.79 Å². The monoisotopic (exact) mass is 513 g/mol. The Bertz CT molecular complexity index is 1500. The number of carbonyl (C=O) groups excluding carboxylic acids is 1. The number of rotatable bonds is 2. The third kappa shape index (κ3) is 4.92. The highest BCUT2D eigenvalue weighted by Crippen LogP contribution is 2.29. The maximum Gasteiger partial charge on any atom is 0.251 e. The second-order valence-electron chi connectivity index (χ2n) is 9.89. The van der Waals surface area contributed by atoms with E-state index in [1.54, 1.807) is 10.9 Å². The second kappa shape index (κ2) is 10.4. The van der Waals surface area contributed by atoms with Crippen LogP contribution in [0, 0.1) is 0 Å². The van der Waals surface area contributed by atoms with Gasteiger partial charge in [0.25, 0.3) is 5.91 Å². The number of likely N-dealkylation sites (tertiary alicyclic amines) is 1. The summed E-state index contributed by atoms with van der Waals surface area (Å²) in [5.74, 6) is 0.545. The van der Waals surface area contributed by atoms with Crippen molar-refractivity contribution in [3.8, 4) is 17.0 Å². The van der Waals surface area contributed by atoms with E-state index in [-0.39, 0.29) is 11.9 Å². The molecule has 2 N–H and O–H groups in total. The molecule has 6 rings (SSSR count). The quantitative estimate of drug-likeness (QED) is 0.423. The molecule has 0 unspecified atom stereocenters. The molecule has 3 aromatic heterocycles. The van der Waals surface area contributed by atoms with Crippen LogP contribution in [0.5, 0.6) is 5.75 Å². The maximum atomic E-state index is 13.0. The number of amides is 1. The molecule has 0 atom stereocenters. The highest BCUT2D eigenvalue weighted by atomic mass is 16.5. The predicted molar refractivity (Wildman–Crippen MR) is 145 cm³/mol. The first-order chi connectivity index (χ1) is 18.5. The zero-order valence-corrected chi connectivity index (χ0v) is 21.6. The fourth-order valence-corrected chi connectivity index (χ4v) is 4.97. The van der Waals surface area contributed by atoms with E-state index < -0.39 is 0 Å². The van der Waals surface area contributed by atoms with Crippen molar-refractivity contribution in [1.29, 1.82) is 0 Å². The van der Waals surface area contributed by atoms with Crippen molar-refractivity contribution in [1.82, 2.24) is 35.2 Å². The normalized spacial score (nSPS) is 16.9. The first-order valence-electron chi connectivity index (χ1n) is 12.9. The lowest BCUT2D eigenvalue weighted by atomic mass is 10.0.